The SMILES string of the molecule is NCC(=O)NCC(=O)NCC(=O)[O-]. The Bertz CT molecular complexity index is 216. The van der Waals surface area contributed by atoms with E-state index in [4.69, 9.17) is 5.73 Å². The molecular formula is C6H10N3O4-. The van der Waals surface area contributed by atoms with Gasteiger partial charge >= 0.3 is 0 Å². The van der Waals surface area contributed by atoms with Crippen LogP contribution >= 0.6 is 0 Å². The van der Waals surface area contributed by atoms with Gasteiger partial charge in [0.05, 0.1) is 25.6 Å². The van der Waals surface area contributed by atoms with Crippen LogP contribution < -0.4 is 21.5 Å². The molecule has 0 saturated carbocycles. The molecule has 0 aromatic rings. The molecule has 74 valence electrons. The van der Waals surface area contributed by atoms with Crippen molar-refractivity contribution in [2.75, 3.05) is 19.6 Å². The number of hydrogen-bond acceptors (Lipinski definition) is 5. The highest BCUT2D eigenvalue weighted by Gasteiger charge is 2.02. The molecule has 0 fully saturated rings. The van der Waals surface area contributed by atoms with Crippen molar-refractivity contribution in [3.63, 3.8) is 0 Å². The normalized spacial score (nSPS) is 9.00. The van der Waals surface area contributed by atoms with E-state index in [9.17, 15) is 19.5 Å². The van der Waals surface area contributed by atoms with Gasteiger partial charge in [0.15, 0.2) is 0 Å². The van der Waals surface area contributed by atoms with Crippen LogP contribution in [0.2, 0.25) is 0 Å². The van der Waals surface area contributed by atoms with Crippen LogP contribution in [-0.2, 0) is 14.4 Å². The van der Waals surface area contributed by atoms with Gasteiger partial charge in [0.25, 0.3) is 0 Å². The number of nitrogens with one attached hydrogen (secondary N) is 2. The Labute approximate surface area is 74.3 Å². The molecule has 0 aliphatic heterocycles. The Morgan fingerprint density at radius 2 is 1.62 bits per heavy atom. The average Bonchev–Trinajstić information content (AvgIpc) is 2.10. The summed E-state index contributed by atoms with van der Waals surface area (Å²) in [6.45, 7) is -1.07. The van der Waals surface area contributed by atoms with Gasteiger partial charge in [-0.1, -0.05) is 0 Å². The summed E-state index contributed by atoms with van der Waals surface area (Å²) in [5.74, 6) is -2.48. The lowest BCUT2D eigenvalue weighted by molar-refractivity contribution is -0.304. The lowest BCUT2D eigenvalue weighted by atomic mass is 10.5. The predicted molar refractivity (Wildman–Crippen MR) is 40.1 cm³/mol. The maximum Gasteiger partial charge on any atom is 0.239 e. The molecule has 0 saturated heterocycles. The maximum atomic E-state index is 10.7. The zero-order chi connectivity index (χ0) is 10.3. The topological polar surface area (TPSA) is 124 Å². The van der Waals surface area contributed by atoms with Crippen molar-refractivity contribution in [3.8, 4) is 0 Å². The van der Waals surface area contributed by atoms with E-state index in [-0.39, 0.29) is 13.1 Å². The lowest BCUT2D eigenvalue weighted by Crippen LogP contribution is -2.43. The zero-order valence-corrected chi connectivity index (χ0v) is 6.83. The lowest BCUT2D eigenvalue weighted by Gasteiger charge is -2.05. The van der Waals surface area contributed by atoms with Gasteiger partial charge in [0.2, 0.25) is 11.8 Å². The molecule has 0 rings (SSSR count). The van der Waals surface area contributed by atoms with Crippen LogP contribution in [0.1, 0.15) is 0 Å². The quantitative estimate of drug-likeness (QED) is 0.404. The smallest absolute Gasteiger partial charge is 0.239 e. The number of carboxylic acid groups (broad SMARTS) is 1. The molecule has 0 aliphatic carbocycles. The standard InChI is InChI=1S/C6H11N3O4/c7-1-4(10)8-2-5(11)9-3-6(12)13/h1-3,7H2,(H,8,10)(H,9,11)(H,12,13)/p-1. The van der Waals surface area contributed by atoms with Crippen LogP contribution in [0.25, 0.3) is 0 Å². The molecule has 0 radical (unpaired) electrons. The molecular weight excluding hydrogens is 178 g/mol. The summed E-state index contributed by atoms with van der Waals surface area (Å²) in [6, 6.07) is 0. The number of aliphatic carboxylic acids is 1. The highest BCUT2D eigenvalue weighted by Crippen LogP contribution is 1.65. The van der Waals surface area contributed by atoms with Gasteiger partial charge in [0.1, 0.15) is 0 Å². The van der Waals surface area contributed by atoms with Gasteiger partial charge in [0, 0.05) is 0 Å². The number of carbonyl (C=O) groups excluding carboxylic acids is 3. The number of hydrogen-bond donors (Lipinski definition) is 3. The van der Waals surface area contributed by atoms with E-state index >= 15 is 0 Å². The molecule has 2 amide bonds. The van der Waals surface area contributed by atoms with Gasteiger partial charge in [-0.25, -0.2) is 0 Å². The first-order valence-corrected chi connectivity index (χ1v) is 3.49. The van der Waals surface area contributed by atoms with Crippen molar-refractivity contribution in [2.45, 2.75) is 0 Å². The second-order valence-corrected chi connectivity index (χ2v) is 2.13. The van der Waals surface area contributed by atoms with Gasteiger partial charge in [-0.05, 0) is 0 Å². The second-order valence-electron chi connectivity index (χ2n) is 2.13. The largest absolute Gasteiger partial charge is 0.548 e. The Hall–Kier alpha value is -1.63. The molecule has 0 bridgehead atoms. The van der Waals surface area contributed by atoms with Crippen LogP contribution in [0, 0.1) is 0 Å². The summed E-state index contributed by atoms with van der Waals surface area (Å²) in [5.41, 5.74) is 4.93. The van der Waals surface area contributed by atoms with Gasteiger partial charge in [-0.3, -0.25) is 9.59 Å². The first-order chi connectivity index (χ1) is 6.06. The fourth-order valence-electron chi connectivity index (χ4n) is 0.484. The van der Waals surface area contributed by atoms with E-state index in [1.165, 1.54) is 0 Å². The molecule has 13 heavy (non-hydrogen) atoms. The molecule has 7 nitrogen and oxygen atoms in total. The fourth-order valence-corrected chi connectivity index (χ4v) is 0.484. The summed E-state index contributed by atoms with van der Waals surface area (Å²) < 4.78 is 0. The van der Waals surface area contributed by atoms with E-state index in [1.54, 1.807) is 0 Å². The Morgan fingerprint density at radius 1 is 1.08 bits per heavy atom. The van der Waals surface area contributed by atoms with E-state index in [0.717, 1.165) is 0 Å². The maximum absolute atomic E-state index is 10.7. The third-order valence-electron chi connectivity index (χ3n) is 1.06. The summed E-state index contributed by atoms with van der Waals surface area (Å²) in [6.07, 6.45) is 0. The van der Waals surface area contributed by atoms with Crippen LogP contribution in [-0.4, -0.2) is 37.4 Å². The first kappa shape index (κ1) is 11.4. The predicted octanol–water partition coefficient (Wildman–Crippen LogP) is -4.07. The summed E-state index contributed by atoms with van der Waals surface area (Å²) in [4.78, 5) is 31.1. The van der Waals surface area contributed by atoms with Crippen molar-refractivity contribution in [1.82, 2.24) is 10.6 Å². The highest BCUT2D eigenvalue weighted by atomic mass is 16.4. The number of amides is 2. The van der Waals surface area contributed by atoms with Crippen molar-refractivity contribution < 1.29 is 19.5 Å². The molecule has 0 unspecified atom stereocenters. The minimum absolute atomic E-state index is 0.215. The number of carboxylic acids is 1. The van der Waals surface area contributed by atoms with Crippen LogP contribution in [0.5, 0.6) is 0 Å². The molecule has 0 atom stereocenters. The van der Waals surface area contributed by atoms with Crippen LogP contribution in [0.3, 0.4) is 0 Å². The Balaban J connectivity index is 3.52. The first-order valence-electron chi connectivity index (χ1n) is 3.49. The minimum atomic E-state index is -1.39. The fraction of sp³-hybridized carbons (Fsp3) is 0.500. The molecule has 0 aromatic heterocycles. The molecule has 7 heteroatoms. The Morgan fingerprint density at radius 3 is 2.08 bits per heavy atom. The van der Waals surface area contributed by atoms with Crippen molar-refractivity contribution in [2.24, 2.45) is 5.73 Å². The van der Waals surface area contributed by atoms with Crippen LogP contribution in [0.15, 0.2) is 0 Å². The third-order valence-corrected chi connectivity index (χ3v) is 1.06. The highest BCUT2D eigenvalue weighted by molar-refractivity contribution is 5.86. The van der Waals surface area contributed by atoms with E-state index in [1.807, 2.05) is 5.32 Å². The number of carbonyl (C=O) groups is 3. The molecule has 4 N–H and O–H groups in total. The van der Waals surface area contributed by atoms with Crippen molar-refractivity contribution in [1.29, 1.82) is 0 Å². The summed E-state index contributed by atoms with van der Waals surface area (Å²) >= 11 is 0. The molecule has 0 aliphatic rings. The van der Waals surface area contributed by atoms with E-state index < -0.39 is 24.3 Å². The van der Waals surface area contributed by atoms with Crippen LogP contribution in [0.4, 0.5) is 0 Å². The molecule has 0 spiro atoms. The number of rotatable bonds is 5. The monoisotopic (exact) mass is 188 g/mol. The summed E-state index contributed by atoms with van der Waals surface area (Å²) in [5, 5.41) is 14.0. The zero-order valence-electron chi connectivity index (χ0n) is 6.83. The van der Waals surface area contributed by atoms with Gasteiger partial charge in [-0.2, -0.15) is 0 Å². The second kappa shape index (κ2) is 5.95. The van der Waals surface area contributed by atoms with Gasteiger partial charge in [-0.15, -0.1) is 0 Å². The van der Waals surface area contributed by atoms with Crippen molar-refractivity contribution >= 4 is 17.8 Å². The number of nitrogens with two attached hydrogens (primary N) is 1. The van der Waals surface area contributed by atoms with E-state index in [2.05, 4.69) is 5.32 Å². The minimum Gasteiger partial charge on any atom is -0.548 e. The van der Waals surface area contributed by atoms with Crippen molar-refractivity contribution in [3.05, 3.63) is 0 Å². The Kier molecular flexibility index (Phi) is 5.20. The molecule has 0 heterocycles. The average molecular weight is 188 g/mol. The van der Waals surface area contributed by atoms with Gasteiger partial charge < -0.3 is 26.3 Å². The van der Waals surface area contributed by atoms with E-state index in [0.29, 0.717) is 0 Å². The molecule has 0 aromatic carbocycles. The summed E-state index contributed by atoms with van der Waals surface area (Å²) in [7, 11) is 0. The third kappa shape index (κ3) is 6.76.